The molecule has 0 radical (unpaired) electrons. The molecule has 4 aromatic rings. The Morgan fingerprint density at radius 1 is 0.750 bits per heavy atom. The highest BCUT2D eigenvalue weighted by molar-refractivity contribution is 7.89. The van der Waals surface area contributed by atoms with Crippen molar-refractivity contribution in [1.29, 1.82) is 0 Å². The number of aryl methyl sites for hydroxylation is 2. The van der Waals surface area contributed by atoms with Crippen LogP contribution in [0.2, 0.25) is 0 Å². The Kier molecular flexibility index (Phi) is 8.21. The minimum atomic E-state index is -4.53. The van der Waals surface area contributed by atoms with E-state index >= 15 is 0 Å². The average molecular weight is 563 g/mol. The van der Waals surface area contributed by atoms with Crippen molar-refractivity contribution >= 4 is 21.4 Å². The van der Waals surface area contributed by atoms with Gasteiger partial charge < -0.3 is 0 Å². The Bertz CT molecular complexity index is 1600. The third-order valence-electron chi connectivity index (χ3n) is 6.43. The second kappa shape index (κ2) is 11.4. The minimum absolute atomic E-state index is 0.00904. The molecule has 0 N–H and O–H groups in total. The van der Waals surface area contributed by atoms with Crippen LogP contribution in [0.1, 0.15) is 27.8 Å². The Hall–Kier alpha value is -4.30. The summed E-state index contributed by atoms with van der Waals surface area (Å²) in [6.07, 6.45) is -4.53. The normalized spacial score (nSPS) is 11.6. The van der Waals surface area contributed by atoms with Gasteiger partial charge in [0.05, 0.1) is 17.0 Å². The fourth-order valence-electron chi connectivity index (χ4n) is 4.15. The van der Waals surface area contributed by atoms with Crippen molar-refractivity contribution in [2.75, 3.05) is 4.90 Å². The molecule has 206 valence electrons. The molecule has 0 spiro atoms. The van der Waals surface area contributed by atoms with Crippen molar-refractivity contribution in [3.63, 3.8) is 0 Å². The van der Waals surface area contributed by atoms with Crippen molar-refractivity contribution in [3.05, 3.63) is 150 Å². The average Bonchev–Trinajstić information content (AvgIpc) is 2.92. The van der Waals surface area contributed by atoms with Crippen LogP contribution in [-0.4, -0.2) is 12.7 Å². The van der Waals surface area contributed by atoms with Gasteiger partial charge in [-0.15, -0.1) is 0 Å². The Morgan fingerprint density at radius 2 is 1.27 bits per heavy atom. The van der Waals surface area contributed by atoms with Crippen molar-refractivity contribution in [3.8, 4) is 0 Å². The number of benzene rings is 4. The first-order chi connectivity index (χ1) is 18.9. The first-order valence-electron chi connectivity index (χ1n) is 12.4. The standard InChI is InChI=1S/C32H29F3N2O2S/c1-23-10-14-28(15-11-23)25(3)37(30-18-16-29(17-19-30)32(33,34)35)26(4)36(22-27-8-6-5-7-9-27)40(38,39)31-20-12-24(2)13-21-31/h5-21H,3-4,22H2,1-2H3. The maximum Gasteiger partial charge on any atom is 0.416 e. The summed E-state index contributed by atoms with van der Waals surface area (Å²) >= 11 is 0. The predicted molar refractivity (Wildman–Crippen MR) is 154 cm³/mol. The van der Waals surface area contributed by atoms with Gasteiger partial charge >= 0.3 is 6.18 Å². The van der Waals surface area contributed by atoms with Crippen LogP contribution in [0.4, 0.5) is 18.9 Å². The first kappa shape index (κ1) is 28.7. The number of halogens is 3. The van der Waals surface area contributed by atoms with Crippen LogP contribution in [0, 0.1) is 13.8 Å². The number of sulfonamides is 1. The summed E-state index contributed by atoms with van der Waals surface area (Å²) in [6.45, 7) is 12.1. The molecule has 0 atom stereocenters. The van der Waals surface area contributed by atoms with Gasteiger partial charge in [-0.3, -0.25) is 4.90 Å². The molecule has 0 aliphatic rings. The predicted octanol–water partition coefficient (Wildman–Crippen LogP) is 8.16. The van der Waals surface area contributed by atoms with Crippen molar-refractivity contribution in [2.24, 2.45) is 0 Å². The van der Waals surface area contributed by atoms with E-state index in [0.717, 1.165) is 27.6 Å². The molecule has 0 aliphatic heterocycles. The van der Waals surface area contributed by atoms with E-state index in [1.807, 2.05) is 44.2 Å². The SMILES string of the molecule is C=C(c1ccc(C)cc1)N(C(=C)N(Cc1ccccc1)S(=O)(=O)c1ccc(C)cc1)c1ccc(C(F)(F)F)cc1. The molecule has 0 aromatic heterocycles. The van der Waals surface area contributed by atoms with Gasteiger partial charge in [0.25, 0.3) is 10.0 Å². The topological polar surface area (TPSA) is 40.6 Å². The summed E-state index contributed by atoms with van der Waals surface area (Å²) in [6, 6.07) is 27.3. The summed E-state index contributed by atoms with van der Waals surface area (Å²) in [4.78, 5) is 1.53. The van der Waals surface area contributed by atoms with E-state index < -0.39 is 21.8 Å². The lowest BCUT2D eigenvalue weighted by atomic mass is 10.1. The maximum atomic E-state index is 14.1. The third kappa shape index (κ3) is 6.29. The number of hydrogen-bond donors (Lipinski definition) is 0. The number of anilines is 1. The molecule has 0 fully saturated rings. The molecule has 40 heavy (non-hydrogen) atoms. The van der Waals surface area contributed by atoms with Crippen LogP contribution in [-0.2, 0) is 22.7 Å². The van der Waals surface area contributed by atoms with E-state index in [-0.39, 0.29) is 22.9 Å². The maximum absolute atomic E-state index is 14.1. The molecular weight excluding hydrogens is 533 g/mol. The molecular formula is C32H29F3N2O2S. The van der Waals surface area contributed by atoms with Gasteiger partial charge in [-0.05, 0) is 61.4 Å². The van der Waals surface area contributed by atoms with Crippen LogP contribution < -0.4 is 4.90 Å². The van der Waals surface area contributed by atoms with Crippen LogP contribution >= 0.6 is 0 Å². The quantitative estimate of drug-likeness (QED) is 0.207. The molecule has 4 nitrogen and oxygen atoms in total. The highest BCUT2D eigenvalue weighted by atomic mass is 32.2. The Morgan fingerprint density at radius 3 is 1.80 bits per heavy atom. The lowest BCUT2D eigenvalue weighted by molar-refractivity contribution is -0.137. The molecule has 0 unspecified atom stereocenters. The van der Waals surface area contributed by atoms with Gasteiger partial charge in [-0.1, -0.05) is 91.0 Å². The highest BCUT2D eigenvalue weighted by Crippen LogP contribution is 2.36. The van der Waals surface area contributed by atoms with Gasteiger partial charge in [0.15, 0.2) is 0 Å². The Labute approximate surface area is 233 Å². The zero-order valence-corrected chi connectivity index (χ0v) is 23.0. The van der Waals surface area contributed by atoms with Crippen LogP contribution in [0.3, 0.4) is 0 Å². The smallest absolute Gasteiger partial charge is 0.296 e. The van der Waals surface area contributed by atoms with Crippen molar-refractivity contribution < 1.29 is 21.6 Å². The molecule has 0 bridgehead atoms. The summed E-state index contributed by atoms with van der Waals surface area (Å²) in [7, 11) is -4.15. The highest BCUT2D eigenvalue weighted by Gasteiger charge is 2.33. The number of nitrogens with zero attached hydrogens (tertiary/aromatic N) is 2. The van der Waals surface area contributed by atoms with Crippen molar-refractivity contribution in [2.45, 2.75) is 31.5 Å². The van der Waals surface area contributed by atoms with E-state index in [4.69, 9.17) is 0 Å². The lowest BCUT2D eigenvalue weighted by Crippen LogP contribution is -2.38. The van der Waals surface area contributed by atoms with Crippen LogP contribution in [0.25, 0.3) is 5.70 Å². The second-order valence-corrected chi connectivity index (χ2v) is 11.3. The molecule has 4 aromatic carbocycles. The molecule has 0 heterocycles. The van der Waals surface area contributed by atoms with E-state index in [9.17, 15) is 21.6 Å². The number of hydrogen-bond acceptors (Lipinski definition) is 3. The van der Waals surface area contributed by atoms with Crippen LogP contribution in [0.5, 0.6) is 0 Å². The zero-order chi connectivity index (χ0) is 29.1. The Balaban J connectivity index is 1.86. The van der Waals surface area contributed by atoms with Crippen LogP contribution in [0.15, 0.2) is 127 Å². The first-order valence-corrected chi connectivity index (χ1v) is 13.9. The fraction of sp³-hybridized carbons (Fsp3) is 0.125. The molecule has 4 rings (SSSR count). The molecule has 0 saturated heterocycles. The van der Waals surface area contributed by atoms with E-state index in [2.05, 4.69) is 13.2 Å². The molecule has 0 amide bonds. The molecule has 0 aliphatic carbocycles. The van der Waals surface area contributed by atoms with Gasteiger partial charge in [0.1, 0.15) is 5.82 Å². The van der Waals surface area contributed by atoms with E-state index in [0.29, 0.717) is 16.8 Å². The number of alkyl halides is 3. The summed E-state index contributed by atoms with van der Waals surface area (Å²) in [5.41, 5.74) is 3.06. The fourth-order valence-corrected chi connectivity index (χ4v) is 5.56. The molecule has 0 saturated carbocycles. The monoisotopic (exact) mass is 562 g/mol. The lowest BCUT2D eigenvalue weighted by Gasteiger charge is -2.36. The number of rotatable bonds is 9. The van der Waals surface area contributed by atoms with E-state index in [1.54, 1.807) is 36.4 Å². The van der Waals surface area contributed by atoms with Gasteiger partial charge in [0.2, 0.25) is 0 Å². The van der Waals surface area contributed by atoms with E-state index in [1.165, 1.54) is 29.2 Å². The van der Waals surface area contributed by atoms with Gasteiger partial charge in [0, 0.05) is 11.4 Å². The second-order valence-electron chi connectivity index (χ2n) is 9.42. The minimum Gasteiger partial charge on any atom is -0.296 e. The summed E-state index contributed by atoms with van der Waals surface area (Å²) < 4.78 is 69.3. The third-order valence-corrected chi connectivity index (χ3v) is 8.22. The zero-order valence-electron chi connectivity index (χ0n) is 22.2. The van der Waals surface area contributed by atoms with Crippen molar-refractivity contribution in [1.82, 2.24) is 4.31 Å². The van der Waals surface area contributed by atoms with Gasteiger partial charge in [-0.25, -0.2) is 12.7 Å². The largest absolute Gasteiger partial charge is 0.416 e. The molecule has 8 heteroatoms. The summed E-state index contributed by atoms with van der Waals surface area (Å²) in [5.74, 6) is 0.00904. The summed E-state index contributed by atoms with van der Waals surface area (Å²) in [5, 5.41) is 0. The van der Waals surface area contributed by atoms with Gasteiger partial charge in [-0.2, -0.15) is 13.2 Å².